The van der Waals surface area contributed by atoms with Gasteiger partial charge in [-0.05, 0) is 35.4 Å². The van der Waals surface area contributed by atoms with Gasteiger partial charge in [-0.15, -0.1) is 0 Å². The molecule has 8 nitrogen and oxygen atoms in total. The lowest BCUT2D eigenvalue weighted by Gasteiger charge is -2.22. The summed E-state index contributed by atoms with van der Waals surface area (Å²) in [6.45, 7) is 5.84. The zero-order valence-corrected chi connectivity index (χ0v) is 20.0. The number of anilines is 2. The van der Waals surface area contributed by atoms with E-state index < -0.39 is 0 Å². The monoisotopic (exact) mass is 470 g/mol. The van der Waals surface area contributed by atoms with Crippen molar-refractivity contribution in [2.45, 2.75) is 39.8 Å². The lowest BCUT2D eigenvalue weighted by Crippen LogP contribution is -2.30. The van der Waals surface area contributed by atoms with Crippen LogP contribution in [0.4, 0.5) is 11.4 Å². The summed E-state index contributed by atoms with van der Waals surface area (Å²) in [7, 11) is 0. The number of carbonyl (C=O) groups is 4. The van der Waals surface area contributed by atoms with Crippen molar-refractivity contribution in [2.75, 3.05) is 22.1 Å². The molecule has 0 heterocycles. The van der Waals surface area contributed by atoms with Crippen LogP contribution in [0.25, 0.3) is 0 Å². The molecule has 9 heteroatoms. The van der Waals surface area contributed by atoms with Gasteiger partial charge in [-0.3, -0.25) is 19.2 Å². The molecule has 4 N–H and O–H groups in total. The Balaban J connectivity index is 2.07. The van der Waals surface area contributed by atoms with E-state index in [9.17, 15) is 19.2 Å². The summed E-state index contributed by atoms with van der Waals surface area (Å²) in [6.07, 6.45) is 0. The highest BCUT2D eigenvalue weighted by atomic mass is 32.2. The van der Waals surface area contributed by atoms with Gasteiger partial charge in [-0.25, -0.2) is 0 Å². The van der Waals surface area contributed by atoms with Crippen LogP contribution < -0.4 is 21.3 Å². The molecule has 2 rings (SSSR count). The van der Waals surface area contributed by atoms with Crippen LogP contribution >= 0.6 is 11.8 Å². The summed E-state index contributed by atoms with van der Waals surface area (Å²) >= 11 is 1.60. The van der Waals surface area contributed by atoms with Crippen LogP contribution in [0.15, 0.2) is 48.5 Å². The standard InChI is InChI=1S/C24H30N4O4S/c1-15(29)25-21-9-5-19(6-10-21)23(27-17(3)31)13-33-14-24(28-18(4)32)20-7-11-22(12-8-20)26-16(2)30/h5-12,23-24H,13-14H2,1-4H3,(H,25,29)(H,26,30)(H,27,31)(H,28,32). The van der Waals surface area contributed by atoms with Gasteiger partial charge in [0.1, 0.15) is 0 Å². The Morgan fingerprint density at radius 3 is 1.21 bits per heavy atom. The Morgan fingerprint density at radius 2 is 0.939 bits per heavy atom. The van der Waals surface area contributed by atoms with Crippen LogP contribution in [0, 0.1) is 0 Å². The van der Waals surface area contributed by atoms with Gasteiger partial charge in [0.15, 0.2) is 0 Å². The van der Waals surface area contributed by atoms with Crippen LogP contribution in [-0.4, -0.2) is 35.1 Å². The number of thioether (sulfide) groups is 1. The van der Waals surface area contributed by atoms with E-state index in [1.54, 1.807) is 36.0 Å². The second-order valence-electron chi connectivity index (χ2n) is 7.65. The van der Waals surface area contributed by atoms with E-state index >= 15 is 0 Å². The summed E-state index contributed by atoms with van der Waals surface area (Å²) in [5.74, 6) is 0.617. The van der Waals surface area contributed by atoms with E-state index in [4.69, 9.17) is 0 Å². The molecule has 0 radical (unpaired) electrons. The Labute approximate surface area is 198 Å². The van der Waals surface area contributed by atoms with Crippen LogP contribution in [-0.2, 0) is 19.2 Å². The summed E-state index contributed by atoms with van der Waals surface area (Å²) in [6, 6.07) is 14.2. The maximum Gasteiger partial charge on any atom is 0.221 e. The lowest BCUT2D eigenvalue weighted by atomic mass is 10.1. The molecule has 0 saturated carbocycles. The number of amides is 4. The molecule has 33 heavy (non-hydrogen) atoms. The average molecular weight is 471 g/mol. The van der Waals surface area contributed by atoms with Crippen molar-refractivity contribution in [3.05, 3.63) is 59.7 Å². The van der Waals surface area contributed by atoms with Gasteiger partial charge in [0.2, 0.25) is 23.6 Å². The summed E-state index contributed by atoms with van der Waals surface area (Å²) < 4.78 is 0. The molecule has 176 valence electrons. The normalized spacial score (nSPS) is 12.2. The number of rotatable bonds is 10. The molecule has 0 aliphatic heterocycles. The second kappa shape index (κ2) is 12.6. The Morgan fingerprint density at radius 1 is 0.606 bits per heavy atom. The van der Waals surface area contributed by atoms with Crippen molar-refractivity contribution in [1.29, 1.82) is 0 Å². The molecule has 4 amide bonds. The van der Waals surface area contributed by atoms with Gasteiger partial charge in [0, 0.05) is 50.6 Å². The third kappa shape index (κ3) is 9.36. The van der Waals surface area contributed by atoms with E-state index in [0.29, 0.717) is 22.9 Å². The molecule has 0 fully saturated rings. The number of nitrogens with one attached hydrogen (secondary N) is 4. The number of benzene rings is 2. The molecular formula is C24H30N4O4S. The van der Waals surface area contributed by atoms with Gasteiger partial charge >= 0.3 is 0 Å². The minimum absolute atomic E-state index is 0.140. The van der Waals surface area contributed by atoms with Crippen LogP contribution in [0.1, 0.15) is 50.9 Å². The predicted octanol–water partition coefficient (Wildman–Crippen LogP) is 3.39. The molecule has 0 spiro atoms. The Bertz CT molecular complexity index is 897. The molecule has 0 saturated heterocycles. The first-order valence-electron chi connectivity index (χ1n) is 10.5. The van der Waals surface area contributed by atoms with Crippen LogP contribution in [0.2, 0.25) is 0 Å². The number of hydrogen-bond donors (Lipinski definition) is 4. The van der Waals surface area contributed by atoms with Crippen molar-refractivity contribution in [3.63, 3.8) is 0 Å². The fourth-order valence-corrected chi connectivity index (χ4v) is 4.40. The summed E-state index contributed by atoms with van der Waals surface area (Å²) in [4.78, 5) is 45.9. The molecule has 0 aliphatic rings. The molecule has 0 aliphatic carbocycles. The lowest BCUT2D eigenvalue weighted by molar-refractivity contribution is -0.120. The fraction of sp³-hybridized carbons (Fsp3) is 0.333. The van der Waals surface area contributed by atoms with Crippen molar-refractivity contribution in [1.82, 2.24) is 10.6 Å². The molecule has 0 bridgehead atoms. The summed E-state index contributed by atoms with van der Waals surface area (Å²) in [5.41, 5.74) is 3.22. The molecule has 2 aromatic rings. The maximum atomic E-state index is 11.7. The van der Waals surface area contributed by atoms with Gasteiger partial charge in [0.05, 0.1) is 12.1 Å². The van der Waals surface area contributed by atoms with Crippen LogP contribution in [0.3, 0.4) is 0 Å². The van der Waals surface area contributed by atoms with E-state index in [-0.39, 0.29) is 35.7 Å². The third-order valence-corrected chi connectivity index (χ3v) is 5.73. The highest BCUT2D eigenvalue weighted by Crippen LogP contribution is 2.25. The van der Waals surface area contributed by atoms with Crippen molar-refractivity contribution in [3.8, 4) is 0 Å². The minimum Gasteiger partial charge on any atom is -0.349 e. The van der Waals surface area contributed by atoms with E-state index in [2.05, 4.69) is 21.3 Å². The SMILES string of the molecule is CC(=O)Nc1ccc(C(CSCC(NC(C)=O)c2ccc(NC(C)=O)cc2)NC(C)=O)cc1. The van der Waals surface area contributed by atoms with Gasteiger partial charge < -0.3 is 21.3 Å². The van der Waals surface area contributed by atoms with Crippen LogP contribution in [0.5, 0.6) is 0 Å². The van der Waals surface area contributed by atoms with Gasteiger partial charge in [-0.2, -0.15) is 11.8 Å². The molecular weight excluding hydrogens is 440 g/mol. The van der Waals surface area contributed by atoms with E-state index in [1.165, 1.54) is 27.7 Å². The smallest absolute Gasteiger partial charge is 0.221 e. The molecule has 2 atom stereocenters. The minimum atomic E-state index is -0.223. The zero-order chi connectivity index (χ0) is 24.4. The van der Waals surface area contributed by atoms with E-state index in [1.807, 2.05) is 24.3 Å². The first-order chi connectivity index (χ1) is 15.6. The number of carbonyl (C=O) groups excluding carboxylic acids is 4. The highest BCUT2D eigenvalue weighted by Gasteiger charge is 2.17. The molecule has 2 aromatic carbocycles. The van der Waals surface area contributed by atoms with E-state index in [0.717, 1.165) is 11.1 Å². The predicted molar refractivity (Wildman–Crippen MR) is 132 cm³/mol. The largest absolute Gasteiger partial charge is 0.349 e. The first kappa shape index (κ1) is 25.9. The zero-order valence-electron chi connectivity index (χ0n) is 19.2. The first-order valence-corrected chi connectivity index (χ1v) is 11.7. The van der Waals surface area contributed by atoms with Crippen molar-refractivity contribution >= 4 is 46.8 Å². The fourth-order valence-electron chi connectivity index (χ4n) is 3.24. The third-order valence-electron chi connectivity index (χ3n) is 4.59. The Hall–Kier alpha value is -3.33. The quantitative estimate of drug-likeness (QED) is 0.425. The van der Waals surface area contributed by atoms with Gasteiger partial charge in [0.25, 0.3) is 0 Å². The molecule has 0 aromatic heterocycles. The topological polar surface area (TPSA) is 116 Å². The number of hydrogen-bond acceptors (Lipinski definition) is 5. The van der Waals surface area contributed by atoms with Crippen molar-refractivity contribution in [2.24, 2.45) is 0 Å². The Kier molecular flexibility index (Phi) is 9.93. The van der Waals surface area contributed by atoms with Gasteiger partial charge in [-0.1, -0.05) is 24.3 Å². The summed E-state index contributed by atoms with van der Waals surface area (Å²) in [5, 5.41) is 11.4. The maximum absolute atomic E-state index is 11.7. The second-order valence-corrected chi connectivity index (χ2v) is 8.72. The molecule has 2 unspecified atom stereocenters. The van der Waals surface area contributed by atoms with Crippen molar-refractivity contribution < 1.29 is 19.2 Å². The highest BCUT2D eigenvalue weighted by molar-refractivity contribution is 7.99. The average Bonchev–Trinajstić information content (AvgIpc) is 2.72.